The van der Waals surface area contributed by atoms with E-state index in [1.54, 1.807) is 21.3 Å². The number of rotatable bonds is 7. The molecule has 0 radical (unpaired) electrons. The molecule has 120 valence electrons. The SMILES string of the molecule is COc1cc(CNC(=O)C[C@H]2C=CCC2)cc(OC)c1OC. The van der Waals surface area contributed by atoms with Gasteiger partial charge in [0.15, 0.2) is 11.5 Å². The second-order valence-electron chi connectivity index (χ2n) is 5.28. The zero-order chi connectivity index (χ0) is 15.9. The molecule has 22 heavy (non-hydrogen) atoms. The van der Waals surface area contributed by atoms with Crippen LogP contribution in [0.25, 0.3) is 0 Å². The fourth-order valence-corrected chi connectivity index (χ4v) is 2.61. The van der Waals surface area contributed by atoms with Gasteiger partial charge in [-0.1, -0.05) is 12.2 Å². The first-order valence-electron chi connectivity index (χ1n) is 7.40. The highest BCUT2D eigenvalue weighted by atomic mass is 16.5. The number of carbonyl (C=O) groups is 1. The predicted molar refractivity (Wildman–Crippen MR) is 84.4 cm³/mol. The van der Waals surface area contributed by atoms with E-state index in [1.807, 2.05) is 12.1 Å². The maximum absolute atomic E-state index is 12.0. The molecule has 0 unspecified atom stereocenters. The number of allylic oxidation sites excluding steroid dienone is 2. The number of benzene rings is 1. The maximum Gasteiger partial charge on any atom is 0.220 e. The molecule has 1 aliphatic carbocycles. The number of methoxy groups -OCH3 is 3. The summed E-state index contributed by atoms with van der Waals surface area (Å²) in [4.78, 5) is 12.0. The highest BCUT2D eigenvalue weighted by Crippen LogP contribution is 2.38. The van der Waals surface area contributed by atoms with Gasteiger partial charge in [-0.3, -0.25) is 4.79 Å². The van der Waals surface area contributed by atoms with Crippen molar-refractivity contribution < 1.29 is 19.0 Å². The standard InChI is InChI=1S/C17H23NO4/c1-20-14-8-13(9-15(21-2)17(14)22-3)11-18-16(19)10-12-6-4-5-7-12/h4,6,8-9,12H,5,7,10-11H2,1-3H3,(H,18,19)/t12-/m0/s1. The Labute approximate surface area is 131 Å². The fourth-order valence-electron chi connectivity index (χ4n) is 2.61. The van der Waals surface area contributed by atoms with Gasteiger partial charge in [-0.25, -0.2) is 0 Å². The minimum atomic E-state index is 0.0605. The molecule has 5 nitrogen and oxygen atoms in total. The number of nitrogens with one attached hydrogen (secondary N) is 1. The van der Waals surface area contributed by atoms with Gasteiger partial charge in [-0.2, -0.15) is 0 Å². The molecule has 0 aliphatic heterocycles. The van der Waals surface area contributed by atoms with Crippen molar-refractivity contribution in [3.8, 4) is 17.2 Å². The van der Waals surface area contributed by atoms with Crippen molar-refractivity contribution in [3.05, 3.63) is 29.8 Å². The van der Waals surface area contributed by atoms with E-state index in [-0.39, 0.29) is 5.91 Å². The van der Waals surface area contributed by atoms with Gasteiger partial charge in [0.2, 0.25) is 11.7 Å². The van der Waals surface area contributed by atoms with Crippen LogP contribution in [-0.4, -0.2) is 27.2 Å². The first-order chi connectivity index (χ1) is 10.7. The second-order valence-corrected chi connectivity index (χ2v) is 5.28. The Morgan fingerprint density at radius 3 is 2.36 bits per heavy atom. The van der Waals surface area contributed by atoms with Gasteiger partial charge in [-0.15, -0.1) is 0 Å². The zero-order valence-electron chi connectivity index (χ0n) is 13.3. The predicted octanol–water partition coefficient (Wildman–Crippen LogP) is 2.68. The van der Waals surface area contributed by atoms with E-state index in [0.717, 1.165) is 18.4 Å². The van der Waals surface area contributed by atoms with Crippen LogP contribution in [0.2, 0.25) is 0 Å². The first kappa shape index (κ1) is 16.2. The maximum atomic E-state index is 12.0. The van der Waals surface area contributed by atoms with Gasteiger partial charge in [0.05, 0.1) is 21.3 Å². The summed E-state index contributed by atoms with van der Waals surface area (Å²) in [5, 5.41) is 2.94. The lowest BCUT2D eigenvalue weighted by Gasteiger charge is -2.15. The van der Waals surface area contributed by atoms with Crippen molar-refractivity contribution in [2.45, 2.75) is 25.8 Å². The molecule has 0 bridgehead atoms. The number of hydrogen-bond donors (Lipinski definition) is 1. The third-order valence-corrected chi connectivity index (χ3v) is 3.77. The summed E-state index contributed by atoms with van der Waals surface area (Å²) in [6, 6.07) is 3.69. The van der Waals surface area contributed by atoms with E-state index in [0.29, 0.717) is 36.1 Å². The van der Waals surface area contributed by atoms with E-state index < -0.39 is 0 Å². The van der Waals surface area contributed by atoms with Crippen LogP contribution in [0.3, 0.4) is 0 Å². The lowest BCUT2D eigenvalue weighted by molar-refractivity contribution is -0.121. The Bertz CT molecular complexity index is 529. The lowest BCUT2D eigenvalue weighted by atomic mass is 10.0. The van der Waals surface area contributed by atoms with E-state index in [9.17, 15) is 4.79 Å². The quantitative estimate of drug-likeness (QED) is 0.787. The van der Waals surface area contributed by atoms with E-state index >= 15 is 0 Å². The summed E-state index contributed by atoms with van der Waals surface area (Å²) in [7, 11) is 4.72. The Morgan fingerprint density at radius 2 is 1.86 bits per heavy atom. The Kier molecular flexibility index (Phi) is 5.69. The average Bonchev–Trinajstić information content (AvgIpc) is 3.04. The van der Waals surface area contributed by atoms with Crippen LogP contribution in [0.1, 0.15) is 24.8 Å². The number of ether oxygens (including phenoxy) is 3. The molecule has 1 amide bonds. The van der Waals surface area contributed by atoms with Crippen LogP contribution >= 0.6 is 0 Å². The molecule has 1 aliphatic rings. The summed E-state index contributed by atoms with van der Waals surface area (Å²) in [6.07, 6.45) is 6.94. The molecule has 0 saturated carbocycles. The molecule has 1 atom stereocenters. The van der Waals surface area contributed by atoms with Crippen molar-refractivity contribution in [3.63, 3.8) is 0 Å². The lowest BCUT2D eigenvalue weighted by Crippen LogP contribution is -2.24. The van der Waals surface area contributed by atoms with Crippen molar-refractivity contribution in [2.75, 3.05) is 21.3 Å². The number of amides is 1. The monoisotopic (exact) mass is 305 g/mol. The molecule has 1 aromatic carbocycles. The van der Waals surface area contributed by atoms with Crippen LogP contribution in [0.4, 0.5) is 0 Å². The number of carbonyl (C=O) groups excluding carboxylic acids is 1. The molecule has 0 aromatic heterocycles. The highest BCUT2D eigenvalue weighted by molar-refractivity contribution is 5.76. The van der Waals surface area contributed by atoms with Crippen LogP contribution < -0.4 is 19.5 Å². The van der Waals surface area contributed by atoms with Gasteiger partial charge < -0.3 is 19.5 Å². The molecule has 0 saturated heterocycles. The Hall–Kier alpha value is -2.17. The van der Waals surface area contributed by atoms with Crippen LogP contribution in [0.15, 0.2) is 24.3 Å². The Balaban J connectivity index is 1.99. The normalized spacial score (nSPS) is 16.4. The van der Waals surface area contributed by atoms with Crippen molar-refractivity contribution in [1.82, 2.24) is 5.32 Å². The summed E-state index contributed by atoms with van der Waals surface area (Å²) in [5.74, 6) is 2.16. The van der Waals surface area contributed by atoms with Gasteiger partial charge in [0.25, 0.3) is 0 Å². The summed E-state index contributed by atoms with van der Waals surface area (Å²) < 4.78 is 15.9. The van der Waals surface area contributed by atoms with Crippen molar-refractivity contribution >= 4 is 5.91 Å². The largest absolute Gasteiger partial charge is 0.493 e. The minimum absolute atomic E-state index is 0.0605. The fraction of sp³-hybridized carbons (Fsp3) is 0.471. The van der Waals surface area contributed by atoms with Gasteiger partial charge in [0, 0.05) is 13.0 Å². The number of hydrogen-bond acceptors (Lipinski definition) is 4. The highest BCUT2D eigenvalue weighted by Gasteiger charge is 2.16. The van der Waals surface area contributed by atoms with E-state index in [1.165, 1.54) is 0 Å². The Morgan fingerprint density at radius 1 is 1.18 bits per heavy atom. The van der Waals surface area contributed by atoms with Crippen molar-refractivity contribution in [2.24, 2.45) is 5.92 Å². The van der Waals surface area contributed by atoms with Crippen LogP contribution in [0, 0.1) is 5.92 Å². The van der Waals surface area contributed by atoms with Crippen LogP contribution in [-0.2, 0) is 11.3 Å². The third kappa shape index (κ3) is 3.93. The summed E-state index contributed by atoms with van der Waals surface area (Å²) >= 11 is 0. The molecule has 1 aromatic rings. The van der Waals surface area contributed by atoms with Crippen LogP contribution in [0.5, 0.6) is 17.2 Å². The summed E-state index contributed by atoms with van der Waals surface area (Å²) in [6.45, 7) is 0.436. The van der Waals surface area contributed by atoms with E-state index in [4.69, 9.17) is 14.2 Å². The molecular formula is C17H23NO4. The average molecular weight is 305 g/mol. The zero-order valence-corrected chi connectivity index (χ0v) is 13.3. The molecular weight excluding hydrogens is 282 g/mol. The molecule has 0 fully saturated rings. The second kappa shape index (κ2) is 7.73. The molecule has 1 N–H and O–H groups in total. The van der Waals surface area contributed by atoms with Crippen molar-refractivity contribution in [1.29, 1.82) is 0 Å². The minimum Gasteiger partial charge on any atom is -0.493 e. The molecule has 0 heterocycles. The topological polar surface area (TPSA) is 56.8 Å². The van der Waals surface area contributed by atoms with Gasteiger partial charge >= 0.3 is 0 Å². The molecule has 2 rings (SSSR count). The first-order valence-corrected chi connectivity index (χ1v) is 7.40. The molecule has 0 spiro atoms. The molecule has 5 heteroatoms. The van der Waals surface area contributed by atoms with E-state index in [2.05, 4.69) is 17.5 Å². The van der Waals surface area contributed by atoms with Gasteiger partial charge in [0.1, 0.15) is 0 Å². The third-order valence-electron chi connectivity index (χ3n) is 3.77. The van der Waals surface area contributed by atoms with Gasteiger partial charge in [-0.05, 0) is 36.5 Å². The smallest absolute Gasteiger partial charge is 0.220 e. The summed E-state index contributed by atoms with van der Waals surface area (Å²) in [5.41, 5.74) is 0.907.